The molecule has 1 amide bonds. The smallest absolute Gasteiger partial charge is 0.341 e. The van der Waals surface area contributed by atoms with Crippen LogP contribution in [0.4, 0.5) is 5.00 Å². The zero-order chi connectivity index (χ0) is 22.2. The van der Waals surface area contributed by atoms with Crippen LogP contribution in [0.25, 0.3) is 11.4 Å². The van der Waals surface area contributed by atoms with Crippen LogP contribution >= 0.6 is 23.1 Å². The Labute approximate surface area is 189 Å². The number of esters is 1. The van der Waals surface area contributed by atoms with E-state index in [2.05, 4.69) is 22.1 Å². The Morgan fingerprint density at radius 1 is 1.26 bits per heavy atom. The number of nitrogens with zero attached hydrogens (tertiary/aromatic N) is 3. The largest absolute Gasteiger partial charge is 0.462 e. The van der Waals surface area contributed by atoms with Crippen LogP contribution in [0.2, 0.25) is 0 Å². The topological polar surface area (TPSA) is 86.1 Å². The summed E-state index contributed by atoms with van der Waals surface area (Å²) in [5.74, 6) is 0.194. The number of carbonyl (C=O) groups excluding carboxylic acids is 2. The lowest BCUT2D eigenvalue weighted by Gasteiger charge is -2.08. The quantitative estimate of drug-likeness (QED) is 0.271. The summed E-state index contributed by atoms with van der Waals surface area (Å²) in [5, 5.41) is 12.5. The maximum atomic E-state index is 12.6. The lowest BCUT2D eigenvalue weighted by Crippen LogP contribution is -2.16. The fourth-order valence-corrected chi connectivity index (χ4v) is 4.60. The Balaban J connectivity index is 1.72. The number of hydrogen-bond donors (Lipinski definition) is 1. The fourth-order valence-electron chi connectivity index (χ4n) is 2.85. The summed E-state index contributed by atoms with van der Waals surface area (Å²) in [7, 11) is 0. The molecule has 7 nitrogen and oxygen atoms in total. The van der Waals surface area contributed by atoms with Gasteiger partial charge in [-0.3, -0.25) is 9.36 Å². The molecule has 0 saturated carbocycles. The highest BCUT2D eigenvalue weighted by Crippen LogP contribution is 2.30. The molecule has 0 bridgehead atoms. The zero-order valence-corrected chi connectivity index (χ0v) is 19.1. The van der Waals surface area contributed by atoms with Crippen molar-refractivity contribution >= 4 is 40.0 Å². The van der Waals surface area contributed by atoms with Crippen molar-refractivity contribution in [1.82, 2.24) is 14.8 Å². The number of allylic oxidation sites excluding steroid dienone is 1. The van der Waals surface area contributed by atoms with Gasteiger partial charge in [0, 0.05) is 17.0 Å². The molecule has 0 fully saturated rings. The first-order valence-electron chi connectivity index (χ1n) is 9.89. The van der Waals surface area contributed by atoms with Crippen LogP contribution < -0.4 is 5.32 Å². The summed E-state index contributed by atoms with van der Waals surface area (Å²) < 4.78 is 7.03. The van der Waals surface area contributed by atoms with E-state index in [0.717, 1.165) is 22.7 Å². The number of aromatic nitrogens is 3. The van der Waals surface area contributed by atoms with Gasteiger partial charge < -0.3 is 10.1 Å². The summed E-state index contributed by atoms with van der Waals surface area (Å²) in [6, 6.07) is 11.5. The molecule has 3 aromatic rings. The van der Waals surface area contributed by atoms with Crippen LogP contribution in [0.15, 0.2) is 54.2 Å². The number of carbonyl (C=O) groups is 2. The fraction of sp³-hybridized carbons (Fsp3) is 0.273. The molecule has 2 aromatic heterocycles. The van der Waals surface area contributed by atoms with Crippen LogP contribution in [0.5, 0.6) is 0 Å². The average molecular weight is 457 g/mol. The maximum Gasteiger partial charge on any atom is 0.341 e. The minimum Gasteiger partial charge on any atom is -0.462 e. The average Bonchev–Trinajstić information content (AvgIpc) is 3.37. The highest BCUT2D eigenvalue weighted by atomic mass is 32.2. The van der Waals surface area contributed by atoms with E-state index in [4.69, 9.17) is 4.74 Å². The van der Waals surface area contributed by atoms with Crippen LogP contribution in [0.1, 0.15) is 29.1 Å². The Hall–Kier alpha value is -2.91. The summed E-state index contributed by atoms with van der Waals surface area (Å²) in [4.78, 5) is 25.8. The molecule has 0 aliphatic carbocycles. The first kappa shape index (κ1) is 22.8. The number of thiophene rings is 1. The normalized spacial score (nSPS) is 10.6. The molecule has 1 aromatic carbocycles. The van der Waals surface area contributed by atoms with Gasteiger partial charge in [-0.25, -0.2) is 4.79 Å². The molecule has 0 aliphatic heterocycles. The molecular weight excluding hydrogens is 432 g/mol. The molecule has 162 valence electrons. The summed E-state index contributed by atoms with van der Waals surface area (Å²) in [5.41, 5.74) is 1.33. The number of nitrogens with one attached hydrogen (secondary N) is 1. The van der Waals surface area contributed by atoms with Crippen molar-refractivity contribution in [1.29, 1.82) is 0 Å². The Morgan fingerprint density at radius 3 is 2.71 bits per heavy atom. The maximum absolute atomic E-state index is 12.6. The standard InChI is InChI=1S/C22H24N4O3S2/c1-4-12-26-19(15-10-8-7-9-11-15)24-25-22(26)30-14-18(27)23-20-17(21(28)29-6-3)13-16(5-2)31-20/h4,7-11,13H,1,5-6,12,14H2,2-3H3,(H,23,27). The summed E-state index contributed by atoms with van der Waals surface area (Å²) >= 11 is 2.67. The van der Waals surface area contributed by atoms with Gasteiger partial charge in [-0.15, -0.1) is 28.1 Å². The summed E-state index contributed by atoms with van der Waals surface area (Å²) in [6.45, 7) is 8.37. The van der Waals surface area contributed by atoms with Crippen LogP contribution in [-0.2, 0) is 22.5 Å². The van der Waals surface area contributed by atoms with Gasteiger partial charge in [0.05, 0.1) is 17.9 Å². The second-order valence-electron chi connectivity index (χ2n) is 6.44. The highest BCUT2D eigenvalue weighted by molar-refractivity contribution is 7.99. The molecule has 2 heterocycles. The van der Waals surface area contributed by atoms with Gasteiger partial charge in [-0.05, 0) is 19.4 Å². The molecular formula is C22H24N4O3S2. The van der Waals surface area contributed by atoms with Crippen molar-refractivity contribution in [2.75, 3.05) is 17.7 Å². The monoisotopic (exact) mass is 456 g/mol. The molecule has 0 aliphatic rings. The molecule has 31 heavy (non-hydrogen) atoms. The van der Waals surface area contributed by atoms with Gasteiger partial charge >= 0.3 is 5.97 Å². The number of aryl methyl sites for hydroxylation is 1. The molecule has 0 radical (unpaired) electrons. The molecule has 0 unspecified atom stereocenters. The van der Waals surface area contributed by atoms with E-state index >= 15 is 0 Å². The Morgan fingerprint density at radius 2 is 2.03 bits per heavy atom. The molecule has 1 N–H and O–H groups in total. The highest BCUT2D eigenvalue weighted by Gasteiger charge is 2.20. The SMILES string of the molecule is C=CCn1c(SCC(=O)Nc2sc(CC)cc2C(=O)OCC)nnc1-c1ccccc1. The molecule has 3 rings (SSSR count). The van der Waals surface area contributed by atoms with Gasteiger partial charge in [0.25, 0.3) is 0 Å². The second kappa shape index (κ2) is 10.9. The van der Waals surface area contributed by atoms with Gasteiger partial charge in [0.1, 0.15) is 5.00 Å². The lowest BCUT2D eigenvalue weighted by atomic mass is 10.2. The van der Waals surface area contributed by atoms with E-state index in [1.807, 2.05) is 41.8 Å². The molecule has 0 atom stereocenters. The van der Waals surface area contributed by atoms with Crippen molar-refractivity contribution in [3.63, 3.8) is 0 Å². The Kier molecular flexibility index (Phi) is 8.02. The number of hydrogen-bond acceptors (Lipinski definition) is 7. The van der Waals surface area contributed by atoms with E-state index in [1.54, 1.807) is 19.1 Å². The summed E-state index contributed by atoms with van der Waals surface area (Å²) in [6.07, 6.45) is 2.54. The van der Waals surface area contributed by atoms with Crippen molar-refractivity contribution in [2.24, 2.45) is 0 Å². The first-order chi connectivity index (χ1) is 15.1. The van der Waals surface area contributed by atoms with E-state index in [1.165, 1.54) is 23.1 Å². The van der Waals surface area contributed by atoms with Crippen molar-refractivity contribution < 1.29 is 14.3 Å². The van der Waals surface area contributed by atoms with E-state index < -0.39 is 5.97 Å². The van der Waals surface area contributed by atoms with E-state index in [9.17, 15) is 9.59 Å². The number of rotatable bonds is 10. The first-order valence-corrected chi connectivity index (χ1v) is 11.7. The molecule has 9 heteroatoms. The number of anilines is 1. The van der Waals surface area contributed by atoms with Gasteiger partial charge in [0.2, 0.25) is 5.91 Å². The third-order valence-electron chi connectivity index (χ3n) is 4.27. The molecule has 0 saturated heterocycles. The predicted molar refractivity (Wildman–Crippen MR) is 125 cm³/mol. The van der Waals surface area contributed by atoms with Crippen molar-refractivity contribution in [3.05, 3.63) is 59.5 Å². The second-order valence-corrected chi connectivity index (χ2v) is 8.52. The number of amides is 1. The van der Waals surface area contributed by atoms with E-state index in [-0.39, 0.29) is 18.3 Å². The predicted octanol–water partition coefficient (Wildman–Crippen LogP) is 4.66. The third kappa shape index (κ3) is 5.62. The number of thioether (sulfide) groups is 1. The number of ether oxygens (including phenoxy) is 1. The van der Waals surface area contributed by atoms with Crippen LogP contribution in [0.3, 0.4) is 0 Å². The van der Waals surface area contributed by atoms with Gasteiger partial charge in [-0.2, -0.15) is 0 Å². The minimum absolute atomic E-state index is 0.131. The van der Waals surface area contributed by atoms with Gasteiger partial charge in [0.15, 0.2) is 11.0 Å². The van der Waals surface area contributed by atoms with Crippen LogP contribution in [-0.4, -0.2) is 39.0 Å². The van der Waals surface area contributed by atoms with E-state index in [0.29, 0.717) is 22.3 Å². The number of benzene rings is 1. The van der Waals surface area contributed by atoms with Crippen molar-refractivity contribution in [2.45, 2.75) is 32.0 Å². The van der Waals surface area contributed by atoms with Gasteiger partial charge in [-0.1, -0.05) is 55.1 Å². The molecule has 0 spiro atoms. The van der Waals surface area contributed by atoms with Crippen LogP contribution in [0, 0.1) is 0 Å². The zero-order valence-electron chi connectivity index (χ0n) is 17.5. The van der Waals surface area contributed by atoms with Crippen molar-refractivity contribution in [3.8, 4) is 11.4 Å². The lowest BCUT2D eigenvalue weighted by molar-refractivity contribution is -0.113. The Bertz CT molecular complexity index is 1060. The minimum atomic E-state index is -0.431. The third-order valence-corrected chi connectivity index (χ3v) is 6.43.